The second-order valence-corrected chi connectivity index (χ2v) is 7.93. The number of nitrogens with zero attached hydrogens (tertiary/aromatic N) is 5. The minimum Gasteiger partial charge on any atom is -0.383 e. The maximum Gasteiger partial charge on any atom is 0.141 e. The van der Waals surface area contributed by atoms with Crippen LogP contribution in [-0.4, -0.2) is 71.2 Å². The Bertz CT molecular complexity index is 878. The zero-order valence-corrected chi connectivity index (χ0v) is 17.4. The van der Waals surface area contributed by atoms with E-state index < -0.39 is 0 Å². The number of hydrogen-bond donors (Lipinski definition) is 1. The average molecular weight is 411 g/mol. The summed E-state index contributed by atoms with van der Waals surface area (Å²) in [5, 5.41) is 6.16. The van der Waals surface area contributed by atoms with E-state index in [0.717, 1.165) is 68.2 Å². The third-order valence-electron chi connectivity index (χ3n) is 4.96. The maximum atomic E-state index is 5.17. The molecule has 1 aliphatic rings. The molecule has 152 valence electrons. The van der Waals surface area contributed by atoms with Crippen LogP contribution in [0.5, 0.6) is 0 Å². The fourth-order valence-electron chi connectivity index (χ4n) is 3.35. The van der Waals surface area contributed by atoms with Gasteiger partial charge in [0.25, 0.3) is 0 Å². The lowest BCUT2D eigenvalue weighted by molar-refractivity contribution is 0.0938. The maximum absolute atomic E-state index is 5.17. The SMILES string of the molecule is COCCN1CCN(Cc2ccc(Nc3cccc(-c4nccs4)n3)nc2)CC1. The van der Waals surface area contributed by atoms with E-state index in [1.165, 1.54) is 5.56 Å². The van der Waals surface area contributed by atoms with E-state index in [0.29, 0.717) is 0 Å². The topological polar surface area (TPSA) is 66.4 Å². The first kappa shape index (κ1) is 19.9. The van der Waals surface area contributed by atoms with Crippen LogP contribution in [0, 0.1) is 0 Å². The Morgan fingerprint density at radius 1 is 1.03 bits per heavy atom. The average Bonchev–Trinajstić information content (AvgIpc) is 3.30. The summed E-state index contributed by atoms with van der Waals surface area (Å²) in [5.74, 6) is 1.56. The van der Waals surface area contributed by atoms with Gasteiger partial charge in [-0.05, 0) is 23.8 Å². The van der Waals surface area contributed by atoms with Crippen molar-refractivity contribution >= 4 is 23.0 Å². The van der Waals surface area contributed by atoms with Crippen molar-refractivity contribution in [2.75, 3.05) is 51.8 Å². The van der Waals surface area contributed by atoms with E-state index in [1.54, 1.807) is 24.6 Å². The molecule has 0 bridgehead atoms. The molecule has 1 saturated heterocycles. The van der Waals surface area contributed by atoms with Gasteiger partial charge in [-0.25, -0.2) is 15.0 Å². The summed E-state index contributed by atoms with van der Waals surface area (Å²) >= 11 is 1.58. The van der Waals surface area contributed by atoms with Crippen LogP contribution in [0.15, 0.2) is 48.1 Å². The molecular weight excluding hydrogens is 384 g/mol. The zero-order valence-electron chi connectivity index (χ0n) is 16.6. The molecule has 1 aliphatic heterocycles. The van der Waals surface area contributed by atoms with Crippen molar-refractivity contribution in [2.45, 2.75) is 6.54 Å². The van der Waals surface area contributed by atoms with E-state index in [9.17, 15) is 0 Å². The van der Waals surface area contributed by atoms with E-state index in [2.05, 4.69) is 36.1 Å². The van der Waals surface area contributed by atoms with Crippen LogP contribution in [0.2, 0.25) is 0 Å². The van der Waals surface area contributed by atoms with Crippen molar-refractivity contribution in [3.05, 3.63) is 53.7 Å². The van der Waals surface area contributed by atoms with Gasteiger partial charge in [0.2, 0.25) is 0 Å². The number of nitrogens with one attached hydrogen (secondary N) is 1. The summed E-state index contributed by atoms with van der Waals surface area (Å²) in [6.45, 7) is 7.11. The highest BCUT2D eigenvalue weighted by Crippen LogP contribution is 2.22. The Morgan fingerprint density at radius 2 is 1.90 bits per heavy atom. The summed E-state index contributed by atoms with van der Waals surface area (Å²) < 4.78 is 5.17. The molecule has 4 rings (SSSR count). The van der Waals surface area contributed by atoms with Gasteiger partial charge in [-0.2, -0.15) is 0 Å². The predicted octanol–water partition coefficient (Wildman–Crippen LogP) is 3.11. The minimum atomic E-state index is 0.769. The van der Waals surface area contributed by atoms with Gasteiger partial charge in [0.05, 0.1) is 6.61 Å². The number of anilines is 2. The first-order valence-corrected chi connectivity index (χ1v) is 10.7. The summed E-state index contributed by atoms with van der Waals surface area (Å²) in [6.07, 6.45) is 3.74. The van der Waals surface area contributed by atoms with Gasteiger partial charge < -0.3 is 10.1 Å². The van der Waals surface area contributed by atoms with Crippen LogP contribution in [0.1, 0.15) is 5.56 Å². The number of ether oxygens (including phenoxy) is 1. The monoisotopic (exact) mass is 410 g/mol. The number of rotatable bonds is 8. The van der Waals surface area contributed by atoms with Gasteiger partial charge in [-0.1, -0.05) is 12.1 Å². The summed E-state index contributed by atoms with van der Waals surface area (Å²) in [6, 6.07) is 10.0. The van der Waals surface area contributed by atoms with Gasteiger partial charge in [0.1, 0.15) is 22.3 Å². The standard InChI is InChI=1S/C21H26N6OS/c1-28-13-12-26-8-10-27(11-9-26)16-17-5-6-19(23-15-17)25-20-4-2-3-18(24-20)21-22-7-14-29-21/h2-7,14-15H,8-13,16H2,1H3,(H,23,24,25). The molecule has 4 heterocycles. The molecule has 0 aliphatic carbocycles. The molecule has 0 atom stereocenters. The summed E-state index contributed by atoms with van der Waals surface area (Å²) in [7, 11) is 1.76. The normalized spacial score (nSPS) is 15.5. The Labute approximate surface area is 175 Å². The van der Waals surface area contributed by atoms with Gasteiger partial charge in [-0.15, -0.1) is 11.3 Å². The number of piperazine rings is 1. The molecule has 1 N–H and O–H groups in total. The largest absolute Gasteiger partial charge is 0.383 e. The molecule has 3 aromatic heterocycles. The van der Waals surface area contributed by atoms with Crippen molar-refractivity contribution in [1.29, 1.82) is 0 Å². The number of methoxy groups -OCH3 is 1. The molecule has 1 fully saturated rings. The number of thiazole rings is 1. The van der Waals surface area contributed by atoms with Crippen LogP contribution < -0.4 is 5.32 Å². The molecule has 0 unspecified atom stereocenters. The van der Waals surface area contributed by atoms with E-state index in [-0.39, 0.29) is 0 Å². The third kappa shape index (κ3) is 5.57. The highest BCUT2D eigenvalue weighted by Gasteiger charge is 2.16. The van der Waals surface area contributed by atoms with E-state index in [4.69, 9.17) is 4.74 Å². The second kappa shape index (κ2) is 9.89. The molecule has 0 saturated carbocycles. The Kier molecular flexibility index (Phi) is 6.79. The lowest BCUT2D eigenvalue weighted by Crippen LogP contribution is -2.46. The van der Waals surface area contributed by atoms with Crippen molar-refractivity contribution in [3.8, 4) is 10.7 Å². The van der Waals surface area contributed by atoms with Crippen molar-refractivity contribution in [3.63, 3.8) is 0 Å². The smallest absolute Gasteiger partial charge is 0.141 e. The van der Waals surface area contributed by atoms with Crippen LogP contribution in [0.4, 0.5) is 11.6 Å². The molecule has 3 aromatic rings. The highest BCUT2D eigenvalue weighted by atomic mass is 32.1. The van der Waals surface area contributed by atoms with Crippen molar-refractivity contribution < 1.29 is 4.74 Å². The molecular formula is C21H26N6OS. The van der Waals surface area contributed by atoms with E-state index in [1.807, 2.05) is 35.8 Å². The Morgan fingerprint density at radius 3 is 2.62 bits per heavy atom. The van der Waals surface area contributed by atoms with Gasteiger partial charge >= 0.3 is 0 Å². The quantitative estimate of drug-likeness (QED) is 0.612. The third-order valence-corrected chi connectivity index (χ3v) is 5.76. The fourth-order valence-corrected chi connectivity index (χ4v) is 3.95. The van der Waals surface area contributed by atoms with Crippen LogP contribution in [0.25, 0.3) is 10.7 Å². The summed E-state index contributed by atoms with van der Waals surface area (Å²) in [5.41, 5.74) is 2.09. The molecule has 8 heteroatoms. The first-order chi connectivity index (χ1) is 14.3. The van der Waals surface area contributed by atoms with Gasteiger partial charge in [0, 0.05) is 64.2 Å². The molecule has 7 nitrogen and oxygen atoms in total. The Hall–Kier alpha value is -2.39. The molecule has 0 amide bonds. The first-order valence-electron chi connectivity index (χ1n) is 9.83. The highest BCUT2D eigenvalue weighted by molar-refractivity contribution is 7.13. The summed E-state index contributed by atoms with van der Waals surface area (Å²) in [4.78, 5) is 18.5. The molecule has 0 spiro atoms. The lowest BCUT2D eigenvalue weighted by Gasteiger charge is -2.34. The molecule has 0 radical (unpaired) electrons. The van der Waals surface area contributed by atoms with Crippen LogP contribution in [0.3, 0.4) is 0 Å². The minimum absolute atomic E-state index is 0.769. The number of hydrogen-bond acceptors (Lipinski definition) is 8. The van der Waals surface area contributed by atoms with E-state index >= 15 is 0 Å². The van der Waals surface area contributed by atoms with Gasteiger partial charge in [0.15, 0.2) is 0 Å². The number of aromatic nitrogens is 3. The Balaban J connectivity index is 1.30. The van der Waals surface area contributed by atoms with Crippen molar-refractivity contribution in [1.82, 2.24) is 24.8 Å². The van der Waals surface area contributed by atoms with Crippen LogP contribution >= 0.6 is 11.3 Å². The molecule has 29 heavy (non-hydrogen) atoms. The predicted molar refractivity (Wildman–Crippen MR) is 116 cm³/mol. The fraction of sp³-hybridized carbons (Fsp3) is 0.381. The zero-order chi connectivity index (χ0) is 19.9. The lowest BCUT2D eigenvalue weighted by atomic mass is 10.2. The molecule has 0 aromatic carbocycles. The number of pyridine rings is 2. The van der Waals surface area contributed by atoms with Crippen molar-refractivity contribution in [2.24, 2.45) is 0 Å². The van der Waals surface area contributed by atoms with Crippen LogP contribution in [-0.2, 0) is 11.3 Å². The second-order valence-electron chi connectivity index (χ2n) is 7.03. The van der Waals surface area contributed by atoms with Gasteiger partial charge in [-0.3, -0.25) is 9.80 Å².